The van der Waals surface area contributed by atoms with Gasteiger partial charge in [0.05, 0.1) is 6.20 Å². The van der Waals surface area contributed by atoms with E-state index in [2.05, 4.69) is 15.0 Å². The second-order valence-corrected chi connectivity index (χ2v) is 2.73. The van der Waals surface area contributed by atoms with Crippen molar-refractivity contribution in [3.05, 3.63) is 12.0 Å². The van der Waals surface area contributed by atoms with Gasteiger partial charge in [0.1, 0.15) is 11.5 Å². The fraction of sp³-hybridized carbons (Fsp3) is 0.333. The molecular formula is C9H12N4O. The molecule has 0 bridgehead atoms. The number of carbonyl (C=O) groups excluding carboxylic acids is 1. The van der Waals surface area contributed by atoms with Crippen molar-refractivity contribution in [3.63, 3.8) is 0 Å². The highest BCUT2D eigenvalue weighted by molar-refractivity contribution is 5.80. The zero-order valence-corrected chi connectivity index (χ0v) is 8.43. The molecule has 74 valence electrons. The van der Waals surface area contributed by atoms with Crippen LogP contribution >= 0.6 is 0 Å². The quantitative estimate of drug-likeness (QED) is 0.532. The summed E-state index contributed by atoms with van der Waals surface area (Å²) in [5, 5.41) is 0. The summed E-state index contributed by atoms with van der Waals surface area (Å²) in [5.74, 6) is 1.13. The number of anilines is 1. The van der Waals surface area contributed by atoms with Crippen molar-refractivity contribution in [1.82, 2.24) is 9.97 Å². The van der Waals surface area contributed by atoms with E-state index in [0.29, 0.717) is 23.7 Å². The fourth-order valence-corrected chi connectivity index (χ4v) is 0.991. The number of aryl methyl sites for hydroxylation is 1. The summed E-state index contributed by atoms with van der Waals surface area (Å²) in [4.78, 5) is 24.2. The molecule has 0 unspecified atom stereocenters. The second-order valence-electron chi connectivity index (χ2n) is 2.73. The van der Waals surface area contributed by atoms with Crippen LogP contribution in [0, 0.1) is 6.92 Å². The average Bonchev–Trinajstić information content (AvgIpc) is 2.20. The molecule has 0 saturated carbocycles. The van der Waals surface area contributed by atoms with E-state index >= 15 is 0 Å². The van der Waals surface area contributed by atoms with E-state index in [-0.39, 0.29) is 0 Å². The van der Waals surface area contributed by atoms with E-state index in [9.17, 15) is 4.79 Å². The van der Waals surface area contributed by atoms with Crippen LogP contribution in [0.4, 0.5) is 11.5 Å². The van der Waals surface area contributed by atoms with E-state index < -0.39 is 0 Å². The lowest BCUT2D eigenvalue weighted by atomic mass is 10.4. The summed E-state index contributed by atoms with van der Waals surface area (Å²) in [6, 6.07) is 0. The molecule has 0 radical (unpaired) electrons. The molecular weight excluding hydrogens is 180 g/mol. The number of aliphatic imine (C=N–C) groups is 1. The van der Waals surface area contributed by atoms with Crippen molar-refractivity contribution < 1.29 is 4.79 Å². The largest absolute Gasteiger partial charge is 0.301 e. The van der Waals surface area contributed by atoms with Gasteiger partial charge in [-0.15, -0.1) is 0 Å². The van der Waals surface area contributed by atoms with Gasteiger partial charge in [-0.2, -0.15) is 0 Å². The predicted octanol–water partition coefficient (Wildman–Crippen LogP) is 1.10. The molecule has 1 rings (SSSR count). The molecule has 1 aromatic heterocycles. The smallest absolute Gasteiger partial charge is 0.215 e. The molecule has 1 aromatic rings. The first kappa shape index (κ1) is 10.3. The lowest BCUT2D eigenvalue weighted by Gasteiger charge is -2.11. The van der Waals surface area contributed by atoms with E-state index in [4.69, 9.17) is 0 Å². The van der Waals surface area contributed by atoms with Gasteiger partial charge in [-0.05, 0) is 13.8 Å². The van der Waals surface area contributed by atoms with Crippen LogP contribution in [0.15, 0.2) is 11.2 Å². The highest BCUT2D eigenvalue weighted by atomic mass is 16.1. The summed E-state index contributed by atoms with van der Waals surface area (Å²) in [6.45, 7) is 3.56. The lowest BCUT2D eigenvalue weighted by Crippen LogP contribution is -2.16. The van der Waals surface area contributed by atoms with Gasteiger partial charge in [-0.1, -0.05) is 0 Å². The Morgan fingerprint density at radius 1 is 1.57 bits per heavy atom. The van der Waals surface area contributed by atoms with Crippen molar-refractivity contribution >= 4 is 24.1 Å². The van der Waals surface area contributed by atoms with Gasteiger partial charge in [0, 0.05) is 13.3 Å². The Morgan fingerprint density at radius 2 is 2.29 bits per heavy atom. The molecule has 0 N–H and O–H groups in total. The van der Waals surface area contributed by atoms with Crippen LogP contribution in [-0.4, -0.2) is 29.6 Å². The molecule has 0 aliphatic rings. The van der Waals surface area contributed by atoms with Gasteiger partial charge >= 0.3 is 0 Å². The van der Waals surface area contributed by atoms with Crippen LogP contribution in [0.5, 0.6) is 0 Å². The predicted molar refractivity (Wildman–Crippen MR) is 55.1 cm³/mol. The van der Waals surface area contributed by atoms with E-state index in [0.717, 1.165) is 0 Å². The Hall–Kier alpha value is -1.78. The van der Waals surface area contributed by atoms with Crippen molar-refractivity contribution in [1.29, 1.82) is 0 Å². The van der Waals surface area contributed by atoms with E-state index in [1.807, 2.05) is 0 Å². The van der Waals surface area contributed by atoms with Crippen LogP contribution in [0.25, 0.3) is 0 Å². The Labute approximate surface area is 82.5 Å². The monoisotopic (exact) mass is 192 g/mol. The molecule has 0 saturated heterocycles. The van der Waals surface area contributed by atoms with Gasteiger partial charge in [0.25, 0.3) is 0 Å². The number of hydrogen-bond donors (Lipinski definition) is 0. The third kappa shape index (κ3) is 2.12. The minimum Gasteiger partial charge on any atom is -0.301 e. The standard InChI is InChI=1S/C9H12N4O/c1-4-10-8-5-11-7(2)12-9(8)13(3)6-14/h4-6H,1-3H3/b10-4-. The minimum atomic E-state index is 0.519. The van der Waals surface area contributed by atoms with Crippen molar-refractivity contribution in [2.75, 3.05) is 11.9 Å². The summed E-state index contributed by atoms with van der Waals surface area (Å²) in [6.07, 6.45) is 3.92. The number of carbonyl (C=O) groups is 1. The van der Waals surface area contributed by atoms with Crippen LogP contribution in [0.1, 0.15) is 12.7 Å². The molecule has 0 atom stereocenters. The SMILES string of the molecule is C/C=N\c1cnc(C)nc1N(C)C=O. The Kier molecular flexibility index (Phi) is 3.28. The fourth-order valence-electron chi connectivity index (χ4n) is 0.991. The number of rotatable bonds is 3. The molecule has 14 heavy (non-hydrogen) atoms. The maximum Gasteiger partial charge on any atom is 0.215 e. The molecule has 0 aliphatic heterocycles. The first-order chi connectivity index (χ1) is 6.69. The molecule has 0 spiro atoms. The summed E-state index contributed by atoms with van der Waals surface area (Å²) in [5.41, 5.74) is 0.590. The molecule has 5 heteroatoms. The molecule has 5 nitrogen and oxygen atoms in total. The molecule has 0 fully saturated rings. The normalized spacial score (nSPS) is 10.5. The Bertz CT molecular complexity index is 362. The summed E-state index contributed by atoms with van der Waals surface area (Å²) >= 11 is 0. The molecule has 0 aromatic carbocycles. The first-order valence-electron chi connectivity index (χ1n) is 4.19. The molecule has 1 heterocycles. The Morgan fingerprint density at radius 3 is 2.86 bits per heavy atom. The number of hydrogen-bond acceptors (Lipinski definition) is 4. The number of aromatic nitrogens is 2. The van der Waals surface area contributed by atoms with Gasteiger partial charge in [0.2, 0.25) is 6.41 Å². The lowest BCUT2D eigenvalue weighted by molar-refractivity contribution is -0.107. The van der Waals surface area contributed by atoms with Gasteiger partial charge in [-0.3, -0.25) is 9.79 Å². The van der Waals surface area contributed by atoms with E-state index in [1.165, 1.54) is 4.90 Å². The maximum absolute atomic E-state index is 10.6. The number of amides is 1. The van der Waals surface area contributed by atoms with Crippen LogP contribution < -0.4 is 4.90 Å². The van der Waals surface area contributed by atoms with E-state index in [1.54, 1.807) is 33.3 Å². The highest BCUT2D eigenvalue weighted by Gasteiger charge is 2.08. The highest BCUT2D eigenvalue weighted by Crippen LogP contribution is 2.23. The first-order valence-corrected chi connectivity index (χ1v) is 4.19. The Balaban J connectivity index is 3.21. The van der Waals surface area contributed by atoms with Crippen molar-refractivity contribution in [3.8, 4) is 0 Å². The zero-order valence-electron chi connectivity index (χ0n) is 8.43. The van der Waals surface area contributed by atoms with Crippen LogP contribution in [0.2, 0.25) is 0 Å². The van der Waals surface area contributed by atoms with Crippen LogP contribution in [-0.2, 0) is 4.79 Å². The number of nitrogens with zero attached hydrogens (tertiary/aromatic N) is 4. The van der Waals surface area contributed by atoms with Crippen molar-refractivity contribution in [2.24, 2.45) is 4.99 Å². The molecule has 0 aliphatic carbocycles. The van der Waals surface area contributed by atoms with Crippen LogP contribution in [0.3, 0.4) is 0 Å². The second kappa shape index (κ2) is 4.45. The van der Waals surface area contributed by atoms with Gasteiger partial charge in [-0.25, -0.2) is 9.97 Å². The maximum atomic E-state index is 10.6. The summed E-state index contributed by atoms with van der Waals surface area (Å²) < 4.78 is 0. The third-order valence-corrected chi connectivity index (χ3v) is 1.63. The molecule has 1 amide bonds. The van der Waals surface area contributed by atoms with Gasteiger partial charge < -0.3 is 4.90 Å². The minimum absolute atomic E-state index is 0.519. The van der Waals surface area contributed by atoms with Crippen molar-refractivity contribution in [2.45, 2.75) is 13.8 Å². The zero-order chi connectivity index (χ0) is 10.6. The summed E-state index contributed by atoms with van der Waals surface area (Å²) in [7, 11) is 1.63. The third-order valence-electron chi connectivity index (χ3n) is 1.63. The van der Waals surface area contributed by atoms with Gasteiger partial charge in [0.15, 0.2) is 5.82 Å². The topological polar surface area (TPSA) is 58.5 Å². The average molecular weight is 192 g/mol.